The van der Waals surface area contributed by atoms with Gasteiger partial charge in [-0.05, 0) is 6.07 Å². The van der Waals surface area contributed by atoms with E-state index >= 15 is 0 Å². The lowest BCUT2D eigenvalue weighted by Gasteiger charge is -2.23. The van der Waals surface area contributed by atoms with E-state index in [1.54, 1.807) is 24.1 Å². The smallest absolute Gasteiger partial charge is 0.225 e. The first-order valence-corrected chi connectivity index (χ1v) is 7.96. The first kappa shape index (κ1) is 18.2. The first-order valence-electron chi connectivity index (χ1n) is 7.96. The minimum atomic E-state index is -0.335. The van der Waals surface area contributed by atoms with Crippen molar-refractivity contribution in [2.24, 2.45) is 5.92 Å². The number of hydrogen-bond acceptors (Lipinski definition) is 4. The quantitative estimate of drug-likeness (QED) is 0.885. The summed E-state index contributed by atoms with van der Waals surface area (Å²) in [5.74, 6) is -0.357. The van der Waals surface area contributed by atoms with Crippen molar-refractivity contribution in [3.8, 4) is 5.75 Å². The third-order valence-corrected chi connectivity index (χ3v) is 4.32. The Balaban J connectivity index is 2.14. The summed E-state index contributed by atoms with van der Waals surface area (Å²) in [5, 5.41) is 2.64. The molecule has 2 rings (SSSR count). The Morgan fingerprint density at radius 1 is 1.33 bits per heavy atom. The zero-order chi connectivity index (χ0) is 17.7. The number of halogens is 1. The summed E-state index contributed by atoms with van der Waals surface area (Å²) in [6.07, 6.45) is 0. The molecule has 0 unspecified atom stereocenters. The number of nitrogens with zero attached hydrogens (tertiary/aromatic N) is 2. The number of carbonyl (C=O) groups is 2. The molecule has 1 aromatic rings. The van der Waals surface area contributed by atoms with Crippen molar-refractivity contribution in [2.75, 3.05) is 40.3 Å². The van der Waals surface area contributed by atoms with Gasteiger partial charge in [0.05, 0.1) is 13.0 Å². The Labute approximate surface area is 141 Å². The average Bonchev–Trinajstić information content (AvgIpc) is 2.78. The van der Waals surface area contributed by atoms with Gasteiger partial charge in [-0.3, -0.25) is 14.5 Å². The number of carbonyl (C=O) groups excluding carboxylic acids is 2. The summed E-state index contributed by atoms with van der Waals surface area (Å²) in [6, 6.07) is 4.76. The fraction of sp³-hybridized carbons (Fsp3) is 0.529. The second-order valence-electron chi connectivity index (χ2n) is 5.97. The minimum absolute atomic E-state index is 0.0543. The topological polar surface area (TPSA) is 61.9 Å². The molecule has 1 N–H and O–H groups in total. The average molecular weight is 337 g/mol. The van der Waals surface area contributed by atoms with Gasteiger partial charge in [-0.1, -0.05) is 6.07 Å². The van der Waals surface area contributed by atoms with E-state index in [0.29, 0.717) is 44.0 Å². The van der Waals surface area contributed by atoms with E-state index in [4.69, 9.17) is 4.74 Å². The van der Waals surface area contributed by atoms with Gasteiger partial charge < -0.3 is 15.0 Å². The van der Waals surface area contributed by atoms with E-state index in [2.05, 4.69) is 5.32 Å². The van der Waals surface area contributed by atoms with E-state index in [-0.39, 0.29) is 23.5 Å². The van der Waals surface area contributed by atoms with Crippen molar-refractivity contribution >= 4 is 11.8 Å². The SMILES string of the molecule is CNC(=O)[C@H]1CN(Cc2ccc(OC)cc2F)CCN(C(C)=O)C1. The predicted octanol–water partition coefficient (Wildman–Crippen LogP) is 0.861. The third-order valence-electron chi connectivity index (χ3n) is 4.32. The molecule has 6 nitrogen and oxygen atoms in total. The standard InChI is InChI=1S/C17H24FN3O3/c1-12(22)21-7-6-20(10-14(11-21)17(23)19-2)9-13-4-5-15(24-3)8-16(13)18/h4-5,8,14H,6-7,9-11H2,1-3H3,(H,19,23)/t14-/m0/s1. The summed E-state index contributed by atoms with van der Waals surface area (Å²) in [5.41, 5.74) is 0.544. The molecule has 1 aliphatic rings. The molecule has 0 aliphatic carbocycles. The summed E-state index contributed by atoms with van der Waals surface area (Å²) >= 11 is 0. The highest BCUT2D eigenvalue weighted by atomic mass is 19.1. The van der Waals surface area contributed by atoms with Crippen LogP contribution in [0.15, 0.2) is 18.2 Å². The Morgan fingerprint density at radius 2 is 2.08 bits per heavy atom. The molecule has 0 saturated carbocycles. The number of ether oxygens (including phenoxy) is 1. The maximum atomic E-state index is 14.2. The Morgan fingerprint density at radius 3 is 2.67 bits per heavy atom. The van der Waals surface area contributed by atoms with Crippen molar-refractivity contribution in [3.63, 3.8) is 0 Å². The molecule has 2 amide bonds. The molecular formula is C17H24FN3O3. The van der Waals surface area contributed by atoms with E-state index in [9.17, 15) is 14.0 Å². The molecule has 1 fully saturated rings. The molecule has 0 aromatic heterocycles. The number of nitrogens with one attached hydrogen (secondary N) is 1. The zero-order valence-corrected chi connectivity index (χ0v) is 14.3. The van der Waals surface area contributed by atoms with Crippen molar-refractivity contribution in [1.82, 2.24) is 15.1 Å². The number of hydrogen-bond donors (Lipinski definition) is 1. The largest absolute Gasteiger partial charge is 0.497 e. The Hall–Kier alpha value is -2.15. The van der Waals surface area contributed by atoms with Crippen LogP contribution >= 0.6 is 0 Å². The zero-order valence-electron chi connectivity index (χ0n) is 14.3. The molecule has 1 saturated heterocycles. The van der Waals surface area contributed by atoms with Crippen LogP contribution in [0.2, 0.25) is 0 Å². The maximum absolute atomic E-state index is 14.2. The van der Waals surface area contributed by atoms with Gasteiger partial charge in [0.25, 0.3) is 0 Å². The van der Waals surface area contributed by atoms with E-state index in [1.807, 2.05) is 4.90 Å². The highest BCUT2D eigenvalue weighted by molar-refractivity contribution is 5.80. The fourth-order valence-corrected chi connectivity index (χ4v) is 2.90. The van der Waals surface area contributed by atoms with Crippen LogP contribution in [0.4, 0.5) is 4.39 Å². The second-order valence-corrected chi connectivity index (χ2v) is 5.97. The normalized spacial score (nSPS) is 18.8. The Kier molecular flexibility index (Phi) is 6.14. The van der Waals surface area contributed by atoms with Crippen LogP contribution < -0.4 is 10.1 Å². The first-order chi connectivity index (χ1) is 11.4. The van der Waals surface area contributed by atoms with Gasteiger partial charge in [0.15, 0.2) is 0 Å². The van der Waals surface area contributed by atoms with Gasteiger partial charge in [0, 0.05) is 58.3 Å². The lowest BCUT2D eigenvalue weighted by atomic mass is 10.1. The van der Waals surface area contributed by atoms with Gasteiger partial charge in [-0.25, -0.2) is 4.39 Å². The Bertz CT molecular complexity index is 609. The summed E-state index contributed by atoms with van der Waals surface area (Å²) < 4.78 is 19.2. The molecule has 7 heteroatoms. The van der Waals surface area contributed by atoms with Gasteiger partial charge >= 0.3 is 0 Å². The summed E-state index contributed by atoms with van der Waals surface area (Å²) in [4.78, 5) is 27.4. The van der Waals surface area contributed by atoms with Crippen LogP contribution in [0, 0.1) is 11.7 Å². The van der Waals surface area contributed by atoms with Gasteiger partial charge in [-0.2, -0.15) is 0 Å². The van der Waals surface area contributed by atoms with Gasteiger partial charge in [0.1, 0.15) is 11.6 Å². The van der Waals surface area contributed by atoms with Crippen molar-refractivity contribution in [3.05, 3.63) is 29.6 Å². The minimum Gasteiger partial charge on any atom is -0.497 e. The summed E-state index contributed by atoms with van der Waals surface area (Å²) in [7, 11) is 3.08. The molecule has 1 aromatic carbocycles. The fourth-order valence-electron chi connectivity index (χ4n) is 2.90. The van der Waals surface area contributed by atoms with Crippen LogP contribution in [0.25, 0.3) is 0 Å². The second kappa shape index (κ2) is 8.10. The highest BCUT2D eigenvalue weighted by Gasteiger charge is 2.28. The molecule has 24 heavy (non-hydrogen) atoms. The highest BCUT2D eigenvalue weighted by Crippen LogP contribution is 2.19. The van der Waals surface area contributed by atoms with E-state index < -0.39 is 0 Å². The summed E-state index contributed by atoms with van der Waals surface area (Å²) in [6.45, 7) is 3.87. The van der Waals surface area contributed by atoms with Gasteiger partial charge in [-0.15, -0.1) is 0 Å². The van der Waals surface area contributed by atoms with Crippen molar-refractivity contribution < 1.29 is 18.7 Å². The van der Waals surface area contributed by atoms with Crippen LogP contribution in [-0.2, 0) is 16.1 Å². The van der Waals surface area contributed by atoms with Crippen LogP contribution in [0.5, 0.6) is 5.75 Å². The molecule has 0 radical (unpaired) electrons. The van der Waals surface area contributed by atoms with Crippen molar-refractivity contribution in [1.29, 1.82) is 0 Å². The van der Waals surface area contributed by atoms with Gasteiger partial charge in [0.2, 0.25) is 11.8 Å². The lowest BCUT2D eigenvalue weighted by Crippen LogP contribution is -2.40. The third kappa shape index (κ3) is 4.44. The number of amides is 2. The van der Waals surface area contributed by atoms with Crippen LogP contribution in [0.3, 0.4) is 0 Å². The number of rotatable bonds is 4. The van der Waals surface area contributed by atoms with E-state index in [1.165, 1.54) is 20.1 Å². The molecule has 1 aliphatic heterocycles. The molecule has 0 bridgehead atoms. The maximum Gasteiger partial charge on any atom is 0.225 e. The number of methoxy groups -OCH3 is 1. The predicted molar refractivity (Wildman–Crippen MR) is 88.0 cm³/mol. The van der Waals surface area contributed by atoms with Crippen molar-refractivity contribution in [2.45, 2.75) is 13.5 Å². The number of benzene rings is 1. The molecular weight excluding hydrogens is 313 g/mol. The molecule has 132 valence electrons. The molecule has 0 spiro atoms. The van der Waals surface area contributed by atoms with Crippen LogP contribution in [0.1, 0.15) is 12.5 Å². The monoisotopic (exact) mass is 337 g/mol. The van der Waals surface area contributed by atoms with Crippen LogP contribution in [-0.4, -0.2) is 62.0 Å². The molecule has 1 heterocycles. The lowest BCUT2D eigenvalue weighted by molar-refractivity contribution is -0.130. The molecule has 1 atom stereocenters. The van der Waals surface area contributed by atoms with E-state index in [0.717, 1.165) is 0 Å².